The molecule has 0 N–H and O–H groups in total. The third-order valence-electron chi connectivity index (χ3n) is 2.73. The highest BCUT2D eigenvalue weighted by atomic mass is 19.1. The van der Waals surface area contributed by atoms with Crippen molar-refractivity contribution in [2.75, 3.05) is 0 Å². The first-order valence-electron chi connectivity index (χ1n) is 5.73. The van der Waals surface area contributed by atoms with Gasteiger partial charge in [0.05, 0.1) is 0 Å². The zero-order valence-corrected chi connectivity index (χ0v) is 7.83. The molecule has 1 aliphatic rings. The standard InChI is InChI=1S/C13H13F/c1-2-3-7-12-11-8-5-4-6-10(11)9-13(12)14/h1,4-6,8,12-13H,3,7,9H2/t12-,13-/m0/s1/i3D2. The molecule has 1 aromatic carbocycles. The first-order chi connectivity index (χ1) is 7.53. The highest BCUT2D eigenvalue weighted by Crippen LogP contribution is 2.37. The Hall–Kier alpha value is -1.29. The normalized spacial score (nSPS) is 27.4. The molecular weight excluding hydrogens is 175 g/mol. The lowest BCUT2D eigenvalue weighted by atomic mass is 9.95. The molecule has 1 aromatic rings. The summed E-state index contributed by atoms with van der Waals surface area (Å²) in [4.78, 5) is 0. The van der Waals surface area contributed by atoms with Gasteiger partial charge in [0.2, 0.25) is 0 Å². The minimum atomic E-state index is -1.73. The largest absolute Gasteiger partial charge is 0.246 e. The predicted octanol–water partition coefficient (Wildman–Crippen LogP) is 3.08. The van der Waals surface area contributed by atoms with Crippen molar-refractivity contribution in [1.29, 1.82) is 0 Å². The maximum atomic E-state index is 13.8. The summed E-state index contributed by atoms with van der Waals surface area (Å²) in [6.07, 6.45) is 2.79. The number of terminal acetylenes is 1. The number of hydrogen-bond acceptors (Lipinski definition) is 0. The van der Waals surface area contributed by atoms with Gasteiger partial charge in [0.15, 0.2) is 0 Å². The van der Waals surface area contributed by atoms with Gasteiger partial charge in [0.25, 0.3) is 0 Å². The van der Waals surface area contributed by atoms with E-state index >= 15 is 0 Å². The van der Waals surface area contributed by atoms with Gasteiger partial charge < -0.3 is 0 Å². The van der Waals surface area contributed by atoms with Crippen LogP contribution in [0.5, 0.6) is 0 Å². The van der Waals surface area contributed by atoms with Crippen LogP contribution in [0.15, 0.2) is 24.3 Å². The van der Waals surface area contributed by atoms with Crippen LogP contribution in [0.2, 0.25) is 0 Å². The fourth-order valence-corrected chi connectivity index (χ4v) is 2.04. The number of alkyl halides is 1. The van der Waals surface area contributed by atoms with Gasteiger partial charge in [-0.05, 0) is 17.5 Å². The molecule has 1 aliphatic carbocycles. The van der Waals surface area contributed by atoms with Crippen molar-refractivity contribution in [3.05, 3.63) is 35.4 Å². The van der Waals surface area contributed by atoms with E-state index in [-0.39, 0.29) is 6.42 Å². The summed E-state index contributed by atoms with van der Waals surface area (Å²) in [5.41, 5.74) is 1.89. The summed E-state index contributed by atoms with van der Waals surface area (Å²) >= 11 is 0. The Morgan fingerprint density at radius 2 is 2.36 bits per heavy atom. The lowest BCUT2D eigenvalue weighted by molar-refractivity contribution is 0.292. The highest BCUT2D eigenvalue weighted by molar-refractivity contribution is 5.36. The lowest BCUT2D eigenvalue weighted by Crippen LogP contribution is -2.07. The van der Waals surface area contributed by atoms with Gasteiger partial charge in [0, 0.05) is 21.5 Å². The molecule has 0 saturated carbocycles. The smallest absolute Gasteiger partial charge is 0.111 e. The van der Waals surface area contributed by atoms with Crippen LogP contribution in [0.4, 0.5) is 4.39 Å². The van der Waals surface area contributed by atoms with Crippen molar-refractivity contribution in [2.24, 2.45) is 0 Å². The second kappa shape index (κ2) is 3.84. The molecule has 0 amide bonds. The summed E-state index contributed by atoms with van der Waals surface area (Å²) in [6, 6.07) is 7.50. The first-order valence-corrected chi connectivity index (χ1v) is 4.73. The third-order valence-corrected chi connectivity index (χ3v) is 2.73. The zero-order valence-electron chi connectivity index (χ0n) is 9.83. The Bertz CT molecular complexity index is 434. The van der Waals surface area contributed by atoms with Gasteiger partial charge in [-0.2, -0.15) is 0 Å². The number of fused-ring (bicyclic) bond motifs is 1. The van der Waals surface area contributed by atoms with E-state index in [4.69, 9.17) is 9.16 Å². The van der Waals surface area contributed by atoms with Crippen molar-refractivity contribution < 1.29 is 7.13 Å². The molecule has 0 aliphatic heterocycles. The van der Waals surface area contributed by atoms with E-state index in [2.05, 4.69) is 5.92 Å². The van der Waals surface area contributed by atoms with Gasteiger partial charge >= 0.3 is 0 Å². The average Bonchev–Trinajstić information content (AvgIpc) is 2.56. The molecule has 0 radical (unpaired) electrons. The third kappa shape index (κ3) is 1.53. The molecule has 0 unspecified atom stereocenters. The van der Waals surface area contributed by atoms with Crippen molar-refractivity contribution in [3.8, 4) is 12.3 Å². The Kier molecular flexibility index (Phi) is 1.94. The SMILES string of the molecule is [2H]C([2H])(C#C)C[C@H]1c2ccccc2C[C@@H]1F. The summed E-state index contributed by atoms with van der Waals surface area (Å²) in [7, 11) is 0. The quantitative estimate of drug-likeness (QED) is 0.629. The molecule has 0 nitrogen and oxygen atoms in total. The topological polar surface area (TPSA) is 0 Å². The Balaban J connectivity index is 2.27. The summed E-state index contributed by atoms with van der Waals surface area (Å²) < 4.78 is 28.9. The van der Waals surface area contributed by atoms with Gasteiger partial charge in [0.1, 0.15) is 6.17 Å². The van der Waals surface area contributed by atoms with Gasteiger partial charge in [-0.3, -0.25) is 0 Å². The summed E-state index contributed by atoms with van der Waals surface area (Å²) in [5.74, 6) is 1.69. The second-order valence-electron chi connectivity index (χ2n) is 3.55. The molecule has 0 spiro atoms. The maximum Gasteiger partial charge on any atom is 0.111 e. The highest BCUT2D eigenvalue weighted by Gasteiger charge is 2.31. The zero-order chi connectivity index (χ0) is 11.8. The van der Waals surface area contributed by atoms with Crippen LogP contribution in [0.25, 0.3) is 0 Å². The molecule has 0 fully saturated rings. The van der Waals surface area contributed by atoms with Crippen LogP contribution in [0, 0.1) is 12.3 Å². The lowest BCUT2D eigenvalue weighted by Gasteiger charge is -2.11. The molecular formula is C13H13F. The van der Waals surface area contributed by atoms with E-state index in [1.807, 2.05) is 24.3 Å². The van der Waals surface area contributed by atoms with Crippen molar-refractivity contribution >= 4 is 0 Å². The number of rotatable bonds is 2. The van der Waals surface area contributed by atoms with Crippen LogP contribution in [-0.2, 0) is 6.42 Å². The molecule has 0 bridgehead atoms. The molecule has 2 atom stereocenters. The number of benzene rings is 1. The Morgan fingerprint density at radius 1 is 1.57 bits per heavy atom. The van der Waals surface area contributed by atoms with Crippen molar-refractivity contribution in [1.82, 2.24) is 0 Å². The molecule has 14 heavy (non-hydrogen) atoms. The van der Waals surface area contributed by atoms with Crippen molar-refractivity contribution in [2.45, 2.75) is 31.3 Å². The van der Waals surface area contributed by atoms with Crippen LogP contribution < -0.4 is 0 Å². The summed E-state index contributed by atoms with van der Waals surface area (Å²) in [5, 5.41) is 0. The van der Waals surface area contributed by atoms with E-state index in [9.17, 15) is 4.39 Å². The molecule has 1 heteroatoms. The second-order valence-corrected chi connectivity index (χ2v) is 3.55. The van der Waals surface area contributed by atoms with E-state index in [0.29, 0.717) is 6.42 Å². The molecule has 72 valence electrons. The Labute approximate surface area is 87.0 Å². The summed E-state index contributed by atoms with van der Waals surface area (Å²) in [6.45, 7) is 0. The van der Waals surface area contributed by atoms with Crippen molar-refractivity contribution in [3.63, 3.8) is 0 Å². The minimum absolute atomic E-state index is 0.0572. The average molecular weight is 190 g/mol. The van der Waals surface area contributed by atoms with E-state index in [0.717, 1.165) is 11.1 Å². The molecule has 0 aromatic heterocycles. The van der Waals surface area contributed by atoms with Gasteiger partial charge in [-0.15, -0.1) is 12.3 Å². The number of halogens is 1. The van der Waals surface area contributed by atoms with Crippen LogP contribution in [0.1, 0.15) is 32.6 Å². The molecule has 2 rings (SSSR count). The fraction of sp³-hybridized carbons (Fsp3) is 0.385. The van der Waals surface area contributed by atoms with Crippen LogP contribution in [-0.4, -0.2) is 6.17 Å². The first kappa shape index (κ1) is 7.06. The van der Waals surface area contributed by atoms with E-state index in [1.54, 1.807) is 0 Å². The van der Waals surface area contributed by atoms with E-state index in [1.165, 1.54) is 0 Å². The minimum Gasteiger partial charge on any atom is -0.246 e. The van der Waals surface area contributed by atoms with Gasteiger partial charge in [-0.1, -0.05) is 24.3 Å². The molecule has 0 heterocycles. The van der Waals surface area contributed by atoms with E-state index < -0.39 is 18.5 Å². The maximum absolute atomic E-state index is 13.8. The van der Waals surface area contributed by atoms with Gasteiger partial charge in [-0.25, -0.2) is 4.39 Å². The Morgan fingerprint density at radius 3 is 3.14 bits per heavy atom. The number of hydrogen-bond donors (Lipinski definition) is 0. The fourth-order valence-electron chi connectivity index (χ4n) is 2.04. The van der Waals surface area contributed by atoms with Crippen LogP contribution in [0.3, 0.4) is 0 Å². The predicted molar refractivity (Wildman–Crippen MR) is 55.9 cm³/mol. The van der Waals surface area contributed by atoms with Crippen LogP contribution >= 0.6 is 0 Å². The monoisotopic (exact) mass is 190 g/mol. The molecule has 0 saturated heterocycles.